The van der Waals surface area contributed by atoms with E-state index in [-0.39, 0.29) is 17.3 Å². The van der Waals surface area contributed by atoms with Crippen molar-refractivity contribution >= 4 is 17.4 Å². The molecule has 1 saturated heterocycles. The highest BCUT2D eigenvalue weighted by atomic mass is 19.1. The minimum absolute atomic E-state index is 0.0357. The number of carbonyl (C=O) groups excluding carboxylic acids is 1. The average Bonchev–Trinajstić information content (AvgIpc) is 3.16. The molecule has 3 aromatic rings. The molecule has 0 bridgehead atoms. The van der Waals surface area contributed by atoms with Crippen LogP contribution in [0.2, 0.25) is 0 Å². The summed E-state index contributed by atoms with van der Waals surface area (Å²) in [5.74, 6) is 0.227. The number of nitrogen functional groups attached to an aromatic ring is 1. The van der Waals surface area contributed by atoms with Crippen molar-refractivity contribution in [2.24, 2.45) is 0 Å². The highest BCUT2D eigenvalue weighted by molar-refractivity contribution is 5.83. The van der Waals surface area contributed by atoms with E-state index in [4.69, 9.17) is 15.7 Å². The zero-order valence-corrected chi connectivity index (χ0v) is 17.2. The molecule has 0 saturated carbocycles. The van der Waals surface area contributed by atoms with Crippen LogP contribution in [-0.2, 0) is 4.79 Å². The molecule has 4 rings (SSSR count). The Labute approximate surface area is 178 Å². The maximum absolute atomic E-state index is 14.2. The van der Waals surface area contributed by atoms with Crippen molar-refractivity contribution in [2.45, 2.75) is 0 Å². The third kappa shape index (κ3) is 3.75. The molecule has 1 fully saturated rings. The summed E-state index contributed by atoms with van der Waals surface area (Å²) in [7, 11) is 3.34. The van der Waals surface area contributed by atoms with E-state index in [0.717, 1.165) is 12.2 Å². The van der Waals surface area contributed by atoms with Crippen LogP contribution in [0.3, 0.4) is 0 Å². The first-order chi connectivity index (χ1) is 14.9. The van der Waals surface area contributed by atoms with Crippen LogP contribution in [0.25, 0.3) is 16.9 Å². The number of likely N-dealkylation sites (N-methyl/N-ethyl adjacent to an activating group) is 1. The fourth-order valence-corrected chi connectivity index (χ4v) is 3.57. The Morgan fingerprint density at radius 2 is 2.00 bits per heavy atom. The smallest absolute Gasteiger partial charge is 0.241 e. The maximum Gasteiger partial charge on any atom is 0.241 e. The van der Waals surface area contributed by atoms with E-state index < -0.39 is 5.82 Å². The zero-order chi connectivity index (χ0) is 22.1. The maximum atomic E-state index is 14.2. The highest BCUT2D eigenvalue weighted by Crippen LogP contribution is 2.33. The van der Waals surface area contributed by atoms with Crippen LogP contribution in [-0.4, -0.2) is 54.4 Å². The Bertz CT molecular complexity index is 1200. The summed E-state index contributed by atoms with van der Waals surface area (Å²) in [4.78, 5) is 15.8. The number of aromatic nitrogens is 2. The number of amides is 1. The molecular weight excluding hydrogens is 399 g/mol. The Morgan fingerprint density at radius 3 is 2.68 bits per heavy atom. The van der Waals surface area contributed by atoms with Gasteiger partial charge in [-0.2, -0.15) is 5.26 Å². The number of hydrogen-bond donors (Lipinski definition) is 1. The van der Waals surface area contributed by atoms with Gasteiger partial charge in [0, 0.05) is 43.5 Å². The number of piperazine rings is 1. The van der Waals surface area contributed by atoms with Crippen molar-refractivity contribution in [3.05, 3.63) is 53.8 Å². The molecule has 0 unspecified atom stereocenters. The van der Waals surface area contributed by atoms with Crippen molar-refractivity contribution in [1.82, 2.24) is 14.7 Å². The summed E-state index contributed by atoms with van der Waals surface area (Å²) >= 11 is 0. The minimum Gasteiger partial charge on any atom is -0.494 e. The van der Waals surface area contributed by atoms with E-state index in [1.54, 1.807) is 35.9 Å². The number of nitriles is 1. The molecule has 0 radical (unpaired) electrons. The van der Waals surface area contributed by atoms with Crippen LogP contribution in [0, 0.1) is 17.1 Å². The van der Waals surface area contributed by atoms with Gasteiger partial charge in [0.25, 0.3) is 0 Å². The molecule has 1 aliphatic rings. The summed E-state index contributed by atoms with van der Waals surface area (Å²) in [6.07, 6.45) is 0. The largest absolute Gasteiger partial charge is 0.494 e. The Morgan fingerprint density at radius 1 is 1.19 bits per heavy atom. The monoisotopic (exact) mass is 420 g/mol. The van der Waals surface area contributed by atoms with Gasteiger partial charge in [0.05, 0.1) is 24.9 Å². The van der Waals surface area contributed by atoms with Gasteiger partial charge in [-0.25, -0.2) is 9.07 Å². The lowest BCUT2D eigenvalue weighted by Gasteiger charge is -2.33. The Balaban J connectivity index is 1.75. The standard InChI is InChI=1S/C22H21FN6O2/c1-27-7-8-28(13-22(27)30)16-5-6-18(20(10-16)31-2)29-19(11-21(25)26-29)14-3-4-15(12-24)17(23)9-14/h3-6,9-11H,7-8,13H2,1-2H3,(H2,25,26). The van der Waals surface area contributed by atoms with Crippen molar-refractivity contribution in [1.29, 1.82) is 5.26 Å². The van der Waals surface area contributed by atoms with Gasteiger partial charge in [0.2, 0.25) is 5.91 Å². The van der Waals surface area contributed by atoms with Crippen molar-refractivity contribution in [3.8, 4) is 28.8 Å². The molecule has 0 atom stereocenters. The van der Waals surface area contributed by atoms with Gasteiger partial charge >= 0.3 is 0 Å². The van der Waals surface area contributed by atoms with Gasteiger partial charge in [0.15, 0.2) is 0 Å². The third-order valence-electron chi connectivity index (χ3n) is 5.33. The van der Waals surface area contributed by atoms with Gasteiger partial charge in [-0.05, 0) is 24.3 Å². The number of halogens is 1. The van der Waals surface area contributed by atoms with Gasteiger partial charge < -0.3 is 20.3 Å². The number of anilines is 2. The van der Waals surface area contributed by atoms with Crippen LogP contribution < -0.4 is 15.4 Å². The molecule has 2 aromatic carbocycles. The fourth-order valence-electron chi connectivity index (χ4n) is 3.57. The second kappa shape index (κ2) is 7.99. The first-order valence-corrected chi connectivity index (χ1v) is 9.64. The predicted octanol–water partition coefficient (Wildman–Crippen LogP) is 2.42. The molecule has 31 heavy (non-hydrogen) atoms. The third-order valence-corrected chi connectivity index (χ3v) is 5.33. The number of nitrogens with two attached hydrogens (primary N) is 1. The van der Waals surface area contributed by atoms with Gasteiger partial charge in [-0.1, -0.05) is 6.07 Å². The van der Waals surface area contributed by atoms with Crippen LogP contribution in [0.1, 0.15) is 5.56 Å². The lowest BCUT2D eigenvalue weighted by Crippen LogP contribution is -2.48. The molecular formula is C22H21FN6O2. The molecule has 158 valence electrons. The van der Waals surface area contributed by atoms with E-state index >= 15 is 0 Å². The molecule has 0 spiro atoms. The zero-order valence-electron chi connectivity index (χ0n) is 17.2. The number of hydrogen-bond acceptors (Lipinski definition) is 6. The SMILES string of the molecule is COc1cc(N2CCN(C)C(=O)C2)ccc1-n1nc(N)cc1-c1ccc(C#N)c(F)c1. The van der Waals surface area contributed by atoms with Crippen molar-refractivity contribution in [3.63, 3.8) is 0 Å². The van der Waals surface area contributed by atoms with Crippen molar-refractivity contribution in [2.75, 3.05) is 44.4 Å². The van der Waals surface area contributed by atoms with Gasteiger partial charge in [-0.3, -0.25) is 4.79 Å². The number of carbonyl (C=O) groups is 1. The molecule has 1 amide bonds. The second-order valence-corrected chi connectivity index (χ2v) is 7.27. The van der Waals surface area contributed by atoms with E-state index in [1.807, 2.05) is 29.2 Å². The normalized spacial score (nSPS) is 13.9. The van der Waals surface area contributed by atoms with E-state index in [1.165, 1.54) is 12.1 Å². The van der Waals surface area contributed by atoms with Gasteiger partial charge in [0.1, 0.15) is 29.1 Å². The summed E-state index contributed by atoms with van der Waals surface area (Å²) in [5, 5.41) is 13.3. The molecule has 2 N–H and O–H groups in total. The van der Waals surface area contributed by atoms with Crippen LogP contribution in [0.4, 0.5) is 15.9 Å². The summed E-state index contributed by atoms with van der Waals surface area (Å²) in [6.45, 7) is 1.66. The second-order valence-electron chi connectivity index (χ2n) is 7.27. The van der Waals surface area contributed by atoms with Crippen LogP contribution in [0.15, 0.2) is 42.5 Å². The van der Waals surface area contributed by atoms with Crippen LogP contribution in [0.5, 0.6) is 5.75 Å². The predicted molar refractivity (Wildman–Crippen MR) is 114 cm³/mol. The molecule has 9 heteroatoms. The summed E-state index contributed by atoms with van der Waals surface area (Å²) in [6, 6.07) is 13.3. The summed E-state index contributed by atoms with van der Waals surface area (Å²) in [5.41, 5.74) is 8.46. The number of methoxy groups -OCH3 is 1. The number of benzene rings is 2. The number of nitrogens with zero attached hydrogens (tertiary/aromatic N) is 5. The van der Waals surface area contributed by atoms with Crippen LogP contribution >= 0.6 is 0 Å². The number of rotatable bonds is 4. The molecule has 2 heterocycles. The minimum atomic E-state index is -0.617. The fraction of sp³-hybridized carbons (Fsp3) is 0.227. The molecule has 1 aliphatic heterocycles. The lowest BCUT2D eigenvalue weighted by atomic mass is 10.1. The summed E-state index contributed by atoms with van der Waals surface area (Å²) < 4.78 is 21.4. The van der Waals surface area contributed by atoms with E-state index in [9.17, 15) is 9.18 Å². The topological polar surface area (TPSA) is 100 Å². The Hall–Kier alpha value is -4.06. The molecule has 8 nitrogen and oxygen atoms in total. The van der Waals surface area contributed by atoms with E-state index in [0.29, 0.717) is 35.8 Å². The number of ether oxygens (including phenoxy) is 1. The Kier molecular flexibility index (Phi) is 5.21. The molecule has 1 aromatic heterocycles. The van der Waals surface area contributed by atoms with E-state index in [2.05, 4.69) is 5.10 Å². The first-order valence-electron chi connectivity index (χ1n) is 9.64. The lowest BCUT2D eigenvalue weighted by molar-refractivity contribution is -0.129. The average molecular weight is 420 g/mol. The quantitative estimate of drug-likeness (QED) is 0.696. The van der Waals surface area contributed by atoms with Gasteiger partial charge in [-0.15, -0.1) is 5.10 Å². The van der Waals surface area contributed by atoms with Crippen molar-refractivity contribution < 1.29 is 13.9 Å². The first kappa shape index (κ1) is 20.2. The highest BCUT2D eigenvalue weighted by Gasteiger charge is 2.23. The molecule has 0 aliphatic carbocycles.